The summed E-state index contributed by atoms with van der Waals surface area (Å²) in [5.41, 5.74) is 0. The standard InChI is InChI=1S/C53H106N2O2/c1-6-10-28-36-50(37-29-11-7-2)40-32-24-20-16-14-18-22-26-34-42-53(56-49-52(57-53)48-55-46-44-54(5)45-47-55)43-35-27-23-19-15-17-21-25-33-41-51(38-30-12-8-3)39-31-13-9-4/h50-52H,6-49H2,1-5H3. The fourth-order valence-electron chi connectivity index (χ4n) is 10.1. The smallest absolute Gasteiger partial charge is 0.168 e. The van der Waals surface area contributed by atoms with Gasteiger partial charge in [-0.15, -0.1) is 0 Å². The quantitative estimate of drug-likeness (QED) is 0.0574. The molecule has 0 aromatic rings. The summed E-state index contributed by atoms with van der Waals surface area (Å²) in [6.07, 6.45) is 53.7. The summed E-state index contributed by atoms with van der Waals surface area (Å²) < 4.78 is 13.6. The van der Waals surface area contributed by atoms with Gasteiger partial charge in [-0.3, -0.25) is 4.90 Å². The first kappa shape index (κ1) is 53.0. The van der Waals surface area contributed by atoms with Crippen molar-refractivity contribution >= 4 is 0 Å². The third-order valence-corrected chi connectivity index (χ3v) is 14.2. The van der Waals surface area contributed by atoms with Gasteiger partial charge in [-0.05, 0) is 31.7 Å². The molecule has 0 bridgehead atoms. The Balaban J connectivity index is 1.60. The maximum Gasteiger partial charge on any atom is 0.168 e. The first-order chi connectivity index (χ1) is 28.0. The van der Waals surface area contributed by atoms with Crippen LogP contribution in [-0.2, 0) is 9.47 Å². The lowest BCUT2D eigenvalue weighted by molar-refractivity contribution is -0.181. The molecule has 0 aromatic carbocycles. The molecule has 0 spiro atoms. The molecule has 0 aromatic heterocycles. The van der Waals surface area contributed by atoms with Crippen LogP contribution in [0.25, 0.3) is 0 Å². The van der Waals surface area contributed by atoms with Crippen molar-refractivity contribution in [2.24, 2.45) is 11.8 Å². The van der Waals surface area contributed by atoms with Crippen LogP contribution in [0, 0.1) is 11.8 Å². The SMILES string of the molecule is CCCCCC(CCCCC)CCCCCCCCCCCC1(CCCCCCCCCCCC(CCCCC)CCCCC)OCC(CN2CCN(C)CC2)O1. The molecule has 57 heavy (non-hydrogen) atoms. The fourth-order valence-corrected chi connectivity index (χ4v) is 10.1. The molecule has 2 heterocycles. The topological polar surface area (TPSA) is 24.9 Å². The van der Waals surface area contributed by atoms with E-state index in [-0.39, 0.29) is 11.9 Å². The maximum atomic E-state index is 6.91. The molecule has 0 aliphatic carbocycles. The molecular weight excluding hydrogens is 697 g/mol. The zero-order chi connectivity index (χ0) is 40.9. The molecule has 0 saturated carbocycles. The number of rotatable bonds is 42. The van der Waals surface area contributed by atoms with E-state index in [1.807, 2.05) is 0 Å². The molecule has 0 amide bonds. The summed E-state index contributed by atoms with van der Waals surface area (Å²) >= 11 is 0. The second kappa shape index (κ2) is 37.6. The lowest BCUT2D eigenvalue weighted by atomic mass is 9.90. The van der Waals surface area contributed by atoms with Crippen LogP contribution in [0.15, 0.2) is 0 Å². The number of nitrogens with zero attached hydrogens (tertiary/aromatic N) is 2. The second-order valence-corrected chi connectivity index (χ2v) is 19.7. The van der Waals surface area contributed by atoms with Gasteiger partial charge in [0.2, 0.25) is 0 Å². The predicted molar refractivity (Wildman–Crippen MR) is 253 cm³/mol. The molecule has 1 atom stereocenters. The highest BCUT2D eigenvalue weighted by Crippen LogP contribution is 2.35. The molecule has 2 aliphatic heterocycles. The van der Waals surface area contributed by atoms with Gasteiger partial charge in [0.25, 0.3) is 0 Å². The van der Waals surface area contributed by atoms with Crippen molar-refractivity contribution in [2.75, 3.05) is 46.4 Å². The minimum absolute atomic E-state index is 0.249. The Bertz CT molecular complexity index is 762. The van der Waals surface area contributed by atoms with E-state index in [0.717, 1.165) is 37.8 Å². The summed E-state index contributed by atoms with van der Waals surface area (Å²) in [6.45, 7) is 15.9. The molecule has 2 aliphatic rings. The van der Waals surface area contributed by atoms with E-state index in [0.29, 0.717) is 0 Å². The average Bonchev–Trinajstić information content (AvgIpc) is 3.61. The maximum absolute atomic E-state index is 6.91. The van der Waals surface area contributed by atoms with E-state index in [2.05, 4.69) is 44.5 Å². The van der Waals surface area contributed by atoms with Crippen molar-refractivity contribution in [3.05, 3.63) is 0 Å². The zero-order valence-electron chi connectivity index (χ0n) is 40.1. The number of likely N-dealkylation sites (N-methyl/N-ethyl adjacent to an activating group) is 1. The molecule has 4 heteroatoms. The molecule has 340 valence electrons. The monoisotopic (exact) mass is 803 g/mol. The van der Waals surface area contributed by atoms with Crippen molar-refractivity contribution < 1.29 is 9.47 Å². The molecule has 2 saturated heterocycles. The Hall–Kier alpha value is -0.160. The third kappa shape index (κ3) is 28.9. The van der Waals surface area contributed by atoms with E-state index in [9.17, 15) is 0 Å². The molecule has 0 radical (unpaired) electrons. The Kier molecular flexibility index (Phi) is 34.9. The minimum Gasteiger partial charge on any atom is -0.347 e. The number of ether oxygens (including phenoxy) is 2. The molecule has 1 unspecified atom stereocenters. The Morgan fingerprint density at radius 3 is 1.09 bits per heavy atom. The number of unbranched alkanes of at least 4 members (excludes halogenated alkanes) is 24. The molecule has 2 rings (SSSR count). The first-order valence-electron chi connectivity index (χ1n) is 26.8. The van der Waals surface area contributed by atoms with Crippen molar-refractivity contribution in [1.82, 2.24) is 9.80 Å². The van der Waals surface area contributed by atoms with E-state index in [4.69, 9.17) is 9.47 Å². The summed E-state index contributed by atoms with van der Waals surface area (Å²) in [5.74, 6) is 1.70. The van der Waals surface area contributed by atoms with Crippen LogP contribution in [0.4, 0.5) is 0 Å². The highest BCUT2D eigenvalue weighted by Gasteiger charge is 2.41. The van der Waals surface area contributed by atoms with Gasteiger partial charge in [0.15, 0.2) is 5.79 Å². The van der Waals surface area contributed by atoms with Gasteiger partial charge < -0.3 is 14.4 Å². The van der Waals surface area contributed by atoms with E-state index in [1.54, 1.807) is 0 Å². The minimum atomic E-state index is -0.312. The summed E-state index contributed by atoms with van der Waals surface area (Å²) in [5, 5.41) is 0. The lowest BCUT2D eigenvalue weighted by Crippen LogP contribution is -2.47. The highest BCUT2D eigenvalue weighted by molar-refractivity contribution is 4.83. The Morgan fingerprint density at radius 2 is 0.737 bits per heavy atom. The van der Waals surface area contributed by atoms with E-state index >= 15 is 0 Å². The summed E-state index contributed by atoms with van der Waals surface area (Å²) in [6, 6.07) is 0. The molecule has 0 N–H and O–H groups in total. The van der Waals surface area contributed by atoms with Crippen molar-refractivity contribution in [3.8, 4) is 0 Å². The van der Waals surface area contributed by atoms with Crippen LogP contribution in [0.3, 0.4) is 0 Å². The zero-order valence-corrected chi connectivity index (χ0v) is 40.1. The van der Waals surface area contributed by atoms with E-state index in [1.165, 1.54) is 257 Å². The molecule has 2 fully saturated rings. The fraction of sp³-hybridized carbons (Fsp3) is 1.00. The van der Waals surface area contributed by atoms with Gasteiger partial charge in [0.05, 0.1) is 12.7 Å². The third-order valence-electron chi connectivity index (χ3n) is 14.2. The van der Waals surface area contributed by atoms with Gasteiger partial charge in [-0.25, -0.2) is 0 Å². The van der Waals surface area contributed by atoms with Gasteiger partial charge in [0, 0.05) is 45.6 Å². The number of hydrogen-bond donors (Lipinski definition) is 0. The van der Waals surface area contributed by atoms with Crippen LogP contribution in [-0.4, -0.2) is 68.1 Å². The Labute approximate surface area is 359 Å². The predicted octanol–water partition coefficient (Wildman–Crippen LogP) is 16.5. The van der Waals surface area contributed by atoms with Crippen molar-refractivity contribution in [2.45, 2.75) is 284 Å². The Morgan fingerprint density at radius 1 is 0.421 bits per heavy atom. The highest BCUT2D eigenvalue weighted by atomic mass is 16.7. The molecular formula is C53H106N2O2. The second-order valence-electron chi connectivity index (χ2n) is 19.7. The van der Waals surface area contributed by atoms with Gasteiger partial charge in [-0.2, -0.15) is 0 Å². The van der Waals surface area contributed by atoms with E-state index < -0.39 is 0 Å². The van der Waals surface area contributed by atoms with Crippen LogP contribution >= 0.6 is 0 Å². The number of hydrogen-bond acceptors (Lipinski definition) is 4. The largest absolute Gasteiger partial charge is 0.347 e. The lowest BCUT2D eigenvalue weighted by Gasteiger charge is -2.34. The number of piperazine rings is 1. The van der Waals surface area contributed by atoms with Crippen LogP contribution in [0.1, 0.15) is 272 Å². The van der Waals surface area contributed by atoms with Crippen LogP contribution < -0.4 is 0 Å². The summed E-state index contributed by atoms with van der Waals surface area (Å²) in [4.78, 5) is 5.07. The van der Waals surface area contributed by atoms with Crippen LogP contribution in [0.2, 0.25) is 0 Å². The van der Waals surface area contributed by atoms with Gasteiger partial charge >= 0.3 is 0 Å². The first-order valence-corrected chi connectivity index (χ1v) is 26.8. The molecule has 4 nitrogen and oxygen atoms in total. The van der Waals surface area contributed by atoms with Crippen molar-refractivity contribution in [1.29, 1.82) is 0 Å². The van der Waals surface area contributed by atoms with Gasteiger partial charge in [-0.1, -0.05) is 246 Å². The summed E-state index contributed by atoms with van der Waals surface area (Å²) in [7, 11) is 2.25. The average molecular weight is 803 g/mol. The van der Waals surface area contributed by atoms with Crippen LogP contribution in [0.5, 0.6) is 0 Å². The normalized spacial score (nSPS) is 17.8. The van der Waals surface area contributed by atoms with Gasteiger partial charge in [0.1, 0.15) is 0 Å². The van der Waals surface area contributed by atoms with Crippen molar-refractivity contribution in [3.63, 3.8) is 0 Å².